The van der Waals surface area contributed by atoms with Crippen LogP contribution in [0.25, 0.3) is 0 Å². The van der Waals surface area contributed by atoms with Crippen LogP contribution in [0, 0.1) is 0 Å². The fourth-order valence-corrected chi connectivity index (χ4v) is 2.19. The molecule has 0 saturated carbocycles. The highest BCUT2D eigenvalue weighted by Gasteiger charge is 2.42. The summed E-state index contributed by atoms with van der Waals surface area (Å²) in [7, 11) is 4.84. The van der Waals surface area contributed by atoms with Crippen LogP contribution in [-0.4, -0.2) is 55.8 Å². The molecule has 1 aliphatic heterocycles. The topological polar surface area (TPSA) is 80.2 Å². The molecule has 0 aromatic heterocycles. The molecule has 0 unspecified atom stereocenters. The second kappa shape index (κ2) is 6.68. The lowest BCUT2D eigenvalue weighted by Crippen LogP contribution is -2.47. The Hall–Kier alpha value is -2.57. The number of carbonyl (C=O) groups excluding carboxylic acids is 2. The van der Waals surface area contributed by atoms with Crippen molar-refractivity contribution >= 4 is 17.5 Å². The average molecular weight is 319 g/mol. The quantitative estimate of drug-likeness (QED) is 0.870. The predicted molar refractivity (Wildman–Crippen MR) is 85.3 cm³/mol. The van der Waals surface area contributed by atoms with Gasteiger partial charge < -0.3 is 19.8 Å². The van der Waals surface area contributed by atoms with E-state index in [0.29, 0.717) is 17.9 Å². The van der Waals surface area contributed by atoms with Crippen LogP contribution in [-0.2, 0) is 14.4 Å². The van der Waals surface area contributed by atoms with E-state index in [1.807, 2.05) is 24.3 Å². The van der Waals surface area contributed by atoms with Crippen molar-refractivity contribution in [3.63, 3.8) is 0 Å². The van der Waals surface area contributed by atoms with Crippen molar-refractivity contribution in [1.29, 1.82) is 0 Å². The molecule has 0 bridgehead atoms. The van der Waals surface area contributed by atoms with E-state index in [-0.39, 0.29) is 18.4 Å². The van der Waals surface area contributed by atoms with Crippen molar-refractivity contribution < 1.29 is 19.2 Å². The lowest BCUT2D eigenvalue weighted by molar-refractivity contribution is -0.143. The van der Waals surface area contributed by atoms with Crippen LogP contribution in [0.3, 0.4) is 0 Å². The molecular weight excluding hydrogens is 298 g/mol. The van der Waals surface area contributed by atoms with Gasteiger partial charge in [0.1, 0.15) is 5.75 Å². The zero-order valence-electron chi connectivity index (χ0n) is 13.8. The Morgan fingerprint density at radius 3 is 2.74 bits per heavy atom. The summed E-state index contributed by atoms with van der Waals surface area (Å²) in [5.41, 5.74) is 0.290. The number of para-hydroxylation sites is 1. The van der Waals surface area contributed by atoms with E-state index in [4.69, 9.17) is 9.57 Å². The average Bonchev–Trinajstić information content (AvgIpc) is 2.95. The maximum atomic E-state index is 12.3. The maximum Gasteiger partial charge on any atom is 0.267 e. The fourth-order valence-electron chi connectivity index (χ4n) is 2.19. The van der Waals surface area contributed by atoms with Gasteiger partial charge in [-0.2, -0.15) is 0 Å². The van der Waals surface area contributed by atoms with Gasteiger partial charge >= 0.3 is 0 Å². The first kappa shape index (κ1) is 16.8. The third-order valence-electron chi connectivity index (χ3n) is 3.66. The summed E-state index contributed by atoms with van der Waals surface area (Å²) >= 11 is 0. The number of amides is 2. The van der Waals surface area contributed by atoms with Crippen molar-refractivity contribution in [2.45, 2.75) is 18.9 Å². The van der Waals surface area contributed by atoms with Crippen LogP contribution in [0.2, 0.25) is 0 Å². The highest BCUT2D eigenvalue weighted by molar-refractivity contribution is 6.07. The lowest BCUT2D eigenvalue weighted by atomic mass is 9.94. The number of hydrogen-bond donors (Lipinski definition) is 1. The molecule has 2 rings (SSSR count). The molecule has 1 heterocycles. The Labute approximate surface area is 135 Å². The molecule has 1 aromatic carbocycles. The molecule has 7 nitrogen and oxygen atoms in total. The lowest BCUT2D eigenvalue weighted by Gasteiger charge is -2.21. The summed E-state index contributed by atoms with van der Waals surface area (Å²) in [6, 6.07) is 7.41. The molecule has 0 spiro atoms. The highest BCUT2D eigenvalue weighted by atomic mass is 16.7. The number of oxime groups is 1. The molecule has 23 heavy (non-hydrogen) atoms. The predicted octanol–water partition coefficient (Wildman–Crippen LogP) is 0.783. The molecular formula is C16H21N3O4. The minimum absolute atomic E-state index is 0.0746. The number of nitrogens with zero attached hydrogens (tertiary/aromatic N) is 2. The van der Waals surface area contributed by atoms with Crippen LogP contribution >= 0.6 is 0 Å². The summed E-state index contributed by atoms with van der Waals surface area (Å²) < 4.78 is 5.30. The molecule has 2 amide bonds. The van der Waals surface area contributed by atoms with Gasteiger partial charge in [-0.3, -0.25) is 9.59 Å². The minimum Gasteiger partial charge on any atom is -0.496 e. The van der Waals surface area contributed by atoms with E-state index in [2.05, 4.69) is 10.5 Å². The van der Waals surface area contributed by atoms with E-state index < -0.39 is 5.60 Å². The van der Waals surface area contributed by atoms with Gasteiger partial charge in [-0.25, -0.2) is 0 Å². The van der Waals surface area contributed by atoms with Crippen LogP contribution in [0.4, 0.5) is 0 Å². The van der Waals surface area contributed by atoms with Gasteiger partial charge in [0.15, 0.2) is 0 Å². The second-order valence-corrected chi connectivity index (χ2v) is 5.71. The largest absolute Gasteiger partial charge is 0.496 e. The smallest absolute Gasteiger partial charge is 0.267 e. The second-order valence-electron chi connectivity index (χ2n) is 5.71. The van der Waals surface area contributed by atoms with E-state index in [1.54, 1.807) is 28.1 Å². The molecule has 0 radical (unpaired) electrons. The van der Waals surface area contributed by atoms with E-state index in [9.17, 15) is 9.59 Å². The Morgan fingerprint density at radius 2 is 2.09 bits per heavy atom. The van der Waals surface area contributed by atoms with Crippen LogP contribution in [0.1, 0.15) is 18.9 Å². The monoisotopic (exact) mass is 319 g/mol. The first-order valence-corrected chi connectivity index (χ1v) is 7.24. The summed E-state index contributed by atoms with van der Waals surface area (Å²) in [4.78, 5) is 30.6. The molecule has 124 valence electrons. The van der Waals surface area contributed by atoms with Crippen molar-refractivity contribution in [1.82, 2.24) is 10.2 Å². The van der Waals surface area contributed by atoms with Crippen molar-refractivity contribution in [2.75, 3.05) is 27.7 Å². The number of likely N-dealkylation sites (N-methyl/N-ethyl adjacent to an activating group) is 1. The van der Waals surface area contributed by atoms with Gasteiger partial charge in [-0.1, -0.05) is 17.3 Å². The summed E-state index contributed by atoms with van der Waals surface area (Å²) in [6.45, 7) is 1.57. The van der Waals surface area contributed by atoms with Crippen LogP contribution in [0.5, 0.6) is 5.75 Å². The Bertz CT molecular complexity index is 642. The van der Waals surface area contributed by atoms with E-state index in [1.165, 1.54) is 4.90 Å². The van der Waals surface area contributed by atoms with Crippen LogP contribution < -0.4 is 10.1 Å². The summed E-state index contributed by atoms with van der Waals surface area (Å²) in [6.07, 6.45) is 0.301. The third-order valence-corrected chi connectivity index (χ3v) is 3.66. The normalized spacial score (nSPS) is 19.6. The summed E-state index contributed by atoms with van der Waals surface area (Å²) in [5.74, 6) is 0.106. The van der Waals surface area contributed by atoms with E-state index >= 15 is 0 Å². The molecule has 0 saturated heterocycles. The Kier molecular flexibility index (Phi) is 4.88. The number of rotatable bonds is 5. The molecule has 7 heteroatoms. The molecule has 1 aliphatic rings. The van der Waals surface area contributed by atoms with Gasteiger partial charge in [0.25, 0.3) is 5.91 Å². The van der Waals surface area contributed by atoms with E-state index in [0.717, 1.165) is 5.56 Å². The Morgan fingerprint density at radius 1 is 1.39 bits per heavy atom. The summed E-state index contributed by atoms with van der Waals surface area (Å²) in [5, 5.41) is 6.62. The minimum atomic E-state index is -1.14. The standard InChI is InChI=1S/C16H21N3O4/c1-16(15(21)17-10-14(20)19(2)3)9-12(18-23-16)11-7-5-6-8-13(11)22-4/h5-8H,9-10H2,1-4H3,(H,17,21)/t16-/m0/s1. The van der Waals surface area contributed by atoms with Crippen molar-refractivity contribution in [3.8, 4) is 5.75 Å². The number of methoxy groups -OCH3 is 1. The molecule has 1 N–H and O–H groups in total. The fraction of sp³-hybridized carbons (Fsp3) is 0.438. The maximum absolute atomic E-state index is 12.3. The van der Waals surface area contributed by atoms with Gasteiger partial charge in [-0.15, -0.1) is 0 Å². The first-order valence-electron chi connectivity index (χ1n) is 7.24. The van der Waals surface area contributed by atoms with Gasteiger partial charge in [0.2, 0.25) is 11.5 Å². The SMILES string of the molecule is COc1ccccc1C1=NO[C@](C)(C(=O)NCC(=O)N(C)C)C1. The Balaban J connectivity index is 2.04. The van der Waals surface area contributed by atoms with Crippen molar-refractivity contribution in [2.24, 2.45) is 5.16 Å². The number of nitrogens with one attached hydrogen (secondary N) is 1. The van der Waals surface area contributed by atoms with Crippen molar-refractivity contribution in [3.05, 3.63) is 29.8 Å². The zero-order chi connectivity index (χ0) is 17.0. The molecule has 1 atom stereocenters. The molecule has 0 fully saturated rings. The third kappa shape index (κ3) is 3.61. The van der Waals surface area contributed by atoms with Gasteiger partial charge in [0.05, 0.1) is 19.4 Å². The number of ether oxygens (including phenoxy) is 1. The number of benzene rings is 1. The highest BCUT2D eigenvalue weighted by Crippen LogP contribution is 2.30. The first-order chi connectivity index (χ1) is 10.9. The van der Waals surface area contributed by atoms with Gasteiger partial charge in [0, 0.05) is 26.1 Å². The van der Waals surface area contributed by atoms with Crippen LogP contribution in [0.15, 0.2) is 29.4 Å². The number of hydrogen-bond acceptors (Lipinski definition) is 5. The number of carbonyl (C=O) groups is 2. The van der Waals surface area contributed by atoms with Gasteiger partial charge in [-0.05, 0) is 19.1 Å². The molecule has 1 aromatic rings. The molecule has 0 aliphatic carbocycles. The zero-order valence-corrected chi connectivity index (χ0v) is 13.8.